The molecule has 10 heteroatoms. The summed E-state index contributed by atoms with van der Waals surface area (Å²) in [6.45, 7) is 2.48. The van der Waals surface area contributed by atoms with Gasteiger partial charge in [0.15, 0.2) is 0 Å². The molecule has 0 radical (unpaired) electrons. The molecule has 0 aliphatic rings. The fourth-order valence-corrected chi connectivity index (χ4v) is 4.03. The van der Waals surface area contributed by atoms with Crippen molar-refractivity contribution in [1.82, 2.24) is 5.43 Å². The molecular formula is C17H19ClN4O4S. The zero-order valence-electron chi connectivity index (χ0n) is 14.7. The van der Waals surface area contributed by atoms with Gasteiger partial charge in [-0.25, -0.2) is 14.3 Å². The van der Waals surface area contributed by atoms with Gasteiger partial charge in [-0.15, -0.1) is 0 Å². The number of hydrazine groups is 1. The van der Waals surface area contributed by atoms with Gasteiger partial charge < -0.3 is 5.32 Å². The third-order valence-corrected chi connectivity index (χ3v) is 5.90. The first kappa shape index (κ1) is 20.7. The molecule has 0 atom stereocenters. The van der Waals surface area contributed by atoms with Crippen molar-refractivity contribution < 1.29 is 18.0 Å². The Morgan fingerprint density at radius 1 is 1.15 bits per heavy atom. The number of rotatable bonds is 6. The number of carbonyl (C=O) groups is 2. The zero-order valence-corrected chi connectivity index (χ0v) is 16.3. The maximum atomic E-state index is 13.2. The van der Waals surface area contributed by atoms with Gasteiger partial charge in [0.05, 0.1) is 10.6 Å². The first-order valence-electron chi connectivity index (χ1n) is 7.81. The van der Waals surface area contributed by atoms with E-state index in [2.05, 4.69) is 5.32 Å². The summed E-state index contributed by atoms with van der Waals surface area (Å²) in [5.41, 5.74) is 3.14. The highest BCUT2D eigenvalue weighted by Crippen LogP contribution is 2.31. The Hall–Kier alpha value is -2.62. The predicted molar refractivity (Wildman–Crippen MR) is 104 cm³/mol. The van der Waals surface area contributed by atoms with Crippen molar-refractivity contribution in [2.45, 2.75) is 18.7 Å². The number of benzene rings is 2. The van der Waals surface area contributed by atoms with Gasteiger partial charge in [-0.1, -0.05) is 17.7 Å². The summed E-state index contributed by atoms with van der Waals surface area (Å²) >= 11 is 6.11. The topological polar surface area (TPSA) is 122 Å². The van der Waals surface area contributed by atoms with Crippen LogP contribution >= 0.6 is 11.6 Å². The van der Waals surface area contributed by atoms with Crippen molar-refractivity contribution in [3.8, 4) is 0 Å². The highest BCUT2D eigenvalue weighted by atomic mass is 35.5. The van der Waals surface area contributed by atoms with E-state index < -0.39 is 22.5 Å². The van der Waals surface area contributed by atoms with Crippen molar-refractivity contribution in [1.29, 1.82) is 0 Å². The molecule has 0 saturated heterocycles. The molecule has 0 aliphatic carbocycles. The maximum absolute atomic E-state index is 13.2. The van der Waals surface area contributed by atoms with E-state index >= 15 is 0 Å². The number of anilines is 2. The average Bonchev–Trinajstić information content (AvgIpc) is 2.62. The molecule has 0 fully saturated rings. The largest absolute Gasteiger partial charge is 0.326 e. The minimum Gasteiger partial charge on any atom is -0.326 e. The van der Waals surface area contributed by atoms with Crippen LogP contribution in [0.1, 0.15) is 12.5 Å². The fourth-order valence-electron chi connectivity index (χ4n) is 2.38. The molecule has 2 aromatic rings. The van der Waals surface area contributed by atoms with Gasteiger partial charge in [0.2, 0.25) is 5.91 Å². The van der Waals surface area contributed by atoms with Crippen molar-refractivity contribution in [3.63, 3.8) is 0 Å². The lowest BCUT2D eigenvalue weighted by molar-refractivity contribution is -0.119. The first-order valence-corrected chi connectivity index (χ1v) is 9.63. The van der Waals surface area contributed by atoms with Gasteiger partial charge >= 0.3 is 0 Å². The Bertz CT molecular complexity index is 961. The molecule has 4 N–H and O–H groups in total. The van der Waals surface area contributed by atoms with E-state index in [0.717, 1.165) is 4.31 Å². The molecule has 0 aliphatic heterocycles. The van der Waals surface area contributed by atoms with Crippen LogP contribution in [0.2, 0.25) is 5.02 Å². The molecule has 0 spiro atoms. The second kappa shape index (κ2) is 8.38. The van der Waals surface area contributed by atoms with E-state index in [1.807, 2.05) is 5.43 Å². The molecular weight excluding hydrogens is 392 g/mol. The lowest BCUT2D eigenvalue weighted by Crippen LogP contribution is -2.43. The number of halogens is 1. The minimum atomic E-state index is -4.10. The molecule has 0 aromatic heterocycles. The van der Waals surface area contributed by atoms with Crippen LogP contribution in [0.4, 0.5) is 11.4 Å². The van der Waals surface area contributed by atoms with Gasteiger partial charge in [-0.2, -0.15) is 0 Å². The van der Waals surface area contributed by atoms with Crippen LogP contribution in [0, 0.1) is 6.92 Å². The molecule has 0 bridgehead atoms. The molecule has 2 rings (SSSR count). The minimum absolute atomic E-state index is 0.0548. The van der Waals surface area contributed by atoms with Gasteiger partial charge in [-0.05, 0) is 48.9 Å². The smallest absolute Gasteiger partial charge is 0.264 e. The van der Waals surface area contributed by atoms with E-state index in [9.17, 15) is 18.0 Å². The van der Waals surface area contributed by atoms with E-state index in [-0.39, 0.29) is 16.5 Å². The van der Waals surface area contributed by atoms with Gasteiger partial charge in [0.25, 0.3) is 15.9 Å². The summed E-state index contributed by atoms with van der Waals surface area (Å²) in [4.78, 5) is 22.9. The lowest BCUT2D eigenvalue weighted by Gasteiger charge is -2.25. The third kappa shape index (κ3) is 4.76. The molecule has 27 heavy (non-hydrogen) atoms. The standard InChI is InChI=1S/C17H19ClN4O4S/c1-11-15(18)4-3-5-16(11)22(10-17(24)21-19)27(25,26)14-8-6-13(7-9-14)20-12(2)23/h3-9H,10,19H2,1-2H3,(H,20,23)(H,21,24). The van der Waals surface area contributed by atoms with Gasteiger partial charge in [-0.3, -0.25) is 19.3 Å². The summed E-state index contributed by atoms with van der Waals surface area (Å²) in [7, 11) is -4.10. The van der Waals surface area contributed by atoms with Crippen molar-refractivity contribution in [2.75, 3.05) is 16.2 Å². The fraction of sp³-hybridized carbons (Fsp3) is 0.176. The first-order chi connectivity index (χ1) is 12.7. The Labute approximate surface area is 162 Å². The average molecular weight is 411 g/mol. The molecule has 2 aromatic carbocycles. The summed E-state index contributed by atoms with van der Waals surface area (Å²) < 4.78 is 27.2. The lowest BCUT2D eigenvalue weighted by atomic mass is 10.2. The molecule has 144 valence electrons. The Morgan fingerprint density at radius 2 is 1.78 bits per heavy atom. The molecule has 0 saturated carbocycles. The normalized spacial score (nSPS) is 11.0. The maximum Gasteiger partial charge on any atom is 0.264 e. The summed E-state index contributed by atoms with van der Waals surface area (Å²) in [6, 6.07) is 10.4. The quantitative estimate of drug-likeness (QED) is 0.380. The number of hydrogen-bond acceptors (Lipinski definition) is 5. The van der Waals surface area contributed by atoms with Crippen LogP contribution < -0.4 is 20.9 Å². The molecule has 2 amide bonds. The van der Waals surface area contributed by atoms with Gasteiger partial charge in [0.1, 0.15) is 6.54 Å². The second-order valence-electron chi connectivity index (χ2n) is 5.67. The Kier molecular flexibility index (Phi) is 6.42. The summed E-state index contributed by atoms with van der Waals surface area (Å²) in [6.07, 6.45) is 0. The predicted octanol–water partition coefficient (Wildman–Crippen LogP) is 1.79. The molecule has 0 heterocycles. The monoisotopic (exact) mass is 410 g/mol. The highest BCUT2D eigenvalue weighted by molar-refractivity contribution is 7.92. The van der Waals surface area contributed by atoms with Crippen molar-refractivity contribution in [2.24, 2.45) is 5.84 Å². The van der Waals surface area contributed by atoms with Crippen LogP contribution in [0.3, 0.4) is 0 Å². The van der Waals surface area contributed by atoms with Gasteiger partial charge in [0, 0.05) is 17.6 Å². The van der Waals surface area contributed by atoms with Crippen LogP contribution in [0.25, 0.3) is 0 Å². The number of sulfonamides is 1. The van der Waals surface area contributed by atoms with Crippen LogP contribution in [0.15, 0.2) is 47.4 Å². The summed E-state index contributed by atoms with van der Waals surface area (Å²) in [5, 5.41) is 2.92. The Balaban J connectivity index is 2.51. The summed E-state index contributed by atoms with van der Waals surface area (Å²) in [5.74, 6) is 4.16. The molecule has 8 nitrogen and oxygen atoms in total. The number of nitrogens with zero attached hydrogens (tertiary/aromatic N) is 1. The van der Waals surface area contributed by atoms with E-state index in [1.165, 1.54) is 31.2 Å². The number of amides is 2. The number of nitrogens with one attached hydrogen (secondary N) is 2. The number of hydrogen-bond donors (Lipinski definition) is 3. The van der Waals surface area contributed by atoms with Crippen molar-refractivity contribution >= 4 is 44.8 Å². The zero-order chi connectivity index (χ0) is 20.2. The third-order valence-electron chi connectivity index (χ3n) is 3.72. The van der Waals surface area contributed by atoms with E-state index in [4.69, 9.17) is 17.4 Å². The van der Waals surface area contributed by atoms with Crippen LogP contribution in [-0.4, -0.2) is 26.8 Å². The highest BCUT2D eigenvalue weighted by Gasteiger charge is 2.28. The van der Waals surface area contributed by atoms with Crippen LogP contribution in [0.5, 0.6) is 0 Å². The van der Waals surface area contributed by atoms with Crippen LogP contribution in [-0.2, 0) is 19.6 Å². The van der Waals surface area contributed by atoms with Crippen molar-refractivity contribution in [3.05, 3.63) is 53.1 Å². The number of carbonyl (C=O) groups excluding carboxylic acids is 2. The van der Waals surface area contributed by atoms with E-state index in [1.54, 1.807) is 25.1 Å². The Morgan fingerprint density at radius 3 is 2.33 bits per heavy atom. The SMILES string of the molecule is CC(=O)Nc1ccc(S(=O)(=O)N(CC(=O)NN)c2cccc(Cl)c2C)cc1. The molecule has 0 unspecified atom stereocenters. The second-order valence-corrected chi connectivity index (χ2v) is 7.94. The number of nitrogens with two attached hydrogens (primary N) is 1. The van der Waals surface area contributed by atoms with E-state index in [0.29, 0.717) is 16.3 Å².